The van der Waals surface area contributed by atoms with Gasteiger partial charge >= 0.3 is 6.18 Å². The zero-order chi connectivity index (χ0) is 22.9. The monoisotopic (exact) mass is 445 g/mol. The summed E-state index contributed by atoms with van der Waals surface area (Å²) in [5, 5.41) is 14.8. The molecule has 32 heavy (non-hydrogen) atoms. The van der Waals surface area contributed by atoms with Crippen molar-refractivity contribution in [3.8, 4) is 11.4 Å². The summed E-state index contributed by atoms with van der Waals surface area (Å²) in [6.07, 6.45) is -2.92. The van der Waals surface area contributed by atoms with Gasteiger partial charge in [-0.3, -0.25) is 9.48 Å². The summed E-state index contributed by atoms with van der Waals surface area (Å²) in [6, 6.07) is 8.26. The topological polar surface area (TPSA) is 111 Å². The molecule has 0 spiro atoms. The molecule has 4 rings (SSSR count). The normalized spacial score (nSPS) is 11.7. The third-order valence-electron chi connectivity index (χ3n) is 4.63. The highest BCUT2D eigenvalue weighted by molar-refractivity contribution is 5.95. The molecule has 2 N–H and O–H groups in total. The first-order valence-electron chi connectivity index (χ1n) is 9.55. The summed E-state index contributed by atoms with van der Waals surface area (Å²) < 4.78 is 44.3. The first-order chi connectivity index (χ1) is 15.2. The Hall–Kier alpha value is -3.96. The number of hydrogen-bond acceptors (Lipinski definition) is 7. The van der Waals surface area contributed by atoms with Crippen LogP contribution in [0.2, 0.25) is 0 Å². The Morgan fingerprint density at radius 2 is 2.03 bits per heavy atom. The molecule has 1 amide bonds. The Labute approximate surface area is 179 Å². The van der Waals surface area contributed by atoms with Gasteiger partial charge < -0.3 is 15.2 Å². The van der Waals surface area contributed by atoms with E-state index in [-0.39, 0.29) is 18.8 Å². The van der Waals surface area contributed by atoms with Gasteiger partial charge in [0.2, 0.25) is 17.6 Å². The van der Waals surface area contributed by atoms with E-state index in [1.807, 2.05) is 24.3 Å². The predicted molar refractivity (Wildman–Crippen MR) is 110 cm³/mol. The van der Waals surface area contributed by atoms with Crippen LogP contribution < -0.4 is 10.6 Å². The number of nitrogens with zero attached hydrogens (tertiary/aromatic N) is 5. The number of nitrogens with one attached hydrogen (secondary N) is 2. The highest BCUT2D eigenvalue weighted by atomic mass is 19.4. The second-order valence-corrected chi connectivity index (χ2v) is 6.99. The van der Waals surface area contributed by atoms with Crippen molar-refractivity contribution in [2.75, 3.05) is 17.2 Å². The average molecular weight is 445 g/mol. The van der Waals surface area contributed by atoms with Gasteiger partial charge in [-0.25, -0.2) is 4.98 Å². The van der Waals surface area contributed by atoms with E-state index < -0.39 is 17.8 Å². The SMILES string of the molecule is Cc1nc(-c2ccc3ccnc(NCCC(=O)Nc4cc(C(F)(F)F)n(C)n4)c3c2)no1. The number of alkyl halides is 3. The van der Waals surface area contributed by atoms with Gasteiger partial charge in [0.1, 0.15) is 11.5 Å². The minimum atomic E-state index is -4.55. The van der Waals surface area contributed by atoms with Crippen LogP contribution in [0.1, 0.15) is 18.0 Å². The van der Waals surface area contributed by atoms with E-state index in [1.54, 1.807) is 13.1 Å². The number of aromatic nitrogens is 5. The maximum atomic E-state index is 12.9. The van der Waals surface area contributed by atoms with Crippen LogP contribution in [0.3, 0.4) is 0 Å². The van der Waals surface area contributed by atoms with E-state index in [0.29, 0.717) is 22.2 Å². The van der Waals surface area contributed by atoms with E-state index in [1.165, 1.54) is 0 Å². The first kappa shape index (κ1) is 21.3. The molecule has 3 aromatic heterocycles. The summed E-state index contributed by atoms with van der Waals surface area (Å²) >= 11 is 0. The summed E-state index contributed by atoms with van der Waals surface area (Å²) in [5.74, 6) is 0.813. The van der Waals surface area contributed by atoms with Crippen LogP contribution >= 0.6 is 0 Å². The maximum Gasteiger partial charge on any atom is 0.433 e. The summed E-state index contributed by atoms with van der Waals surface area (Å²) in [6.45, 7) is 1.91. The molecule has 0 saturated heterocycles. The Balaban J connectivity index is 1.42. The molecule has 166 valence electrons. The molecule has 0 aliphatic rings. The molecule has 0 saturated carbocycles. The zero-order valence-corrected chi connectivity index (χ0v) is 17.1. The van der Waals surface area contributed by atoms with Crippen molar-refractivity contribution < 1.29 is 22.5 Å². The molecule has 12 heteroatoms. The van der Waals surface area contributed by atoms with Crippen LogP contribution in [-0.2, 0) is 18.0 Å². The molecule has 1 aromatic carbocycles. The third kappa shape index (κ3) is 4.53. The number of pyridine rings is 1. The molecular formula is C20H18F3N7O2. The summed E-state index contributed by atoms with van der Waals surface area (Å²) in [5.41, 5.74) is -0.197. The fraction of sp³-hybridized carbons (Fsp3) is 0.250. The minimum Gasteiger partial charge on any atom is -0.369 e. The highest BCUT2D eigenvalue weighted by Crippen LogP contribution is 2.30. The van der Waals surface area contributed by atoms with Crippen LogP contribution in [0.25, 0.3) is 22.2 Å². The van der Waals surface area contributed by atoms with Crippen molar-refractivity contribution in [1.29, 1.82) is 0 Å². The number of halogens is 3. The van der Waals surface area contributed by atoms with Crippen LogP contribution in [0.4, 0.5) is 24.8 Å². The van der Waals surface area contributed by atoms with Gasteiger partial charge in [0.15, 0.2) is 5.82 Å². The number of hydrogen-bond donors (Lipinski definition) is 2. The van der Waals surface area contributed by atoms with E-state index in [4.69, 9.17) is 4.52 Å². The fourth-order valence-corrected chi connectivity index (χ4v) is 3.16. The molecule has 0 atom stereocenters. The summed E-state index contributed by atoms with van der Waals surface area (Å²) in [7, 11) is 1.16. The molecule has 4 aromatic rings. The third-order valence-corrected chi connectivity index (χ3v) is 4.63. The molecule has 0 fully saturated rings. The van der Waals surface area contributed by atoms with Crippen molar-refractivity contribution in [2.24, 2.45) is 7.05 Å². The van der Waals surface area contributed by atoms with Crippen LogP contribution in [0, 0.1) is 6.92 Å². The summed E-state index contributed by atoms with van der Waals surface area (Å²) in [4.78, 5) is 20.7. The number of amides is 1. The van der Waals surface area contributed by atoms with Gasteiger partial charge in [0.05, 0.1) is 0 Å². The lowest BCUT2D eigenvalue weighted by Gasteiger charge is -2.09. The molecule has 0 unspecified atom stereocenters. The van der Waals surface area contributed by atoms with E-state index in [2.05, 4.69) is 30.9 Å². The average Bonchev–Trinajstić information content (AvgIpc) is 3.33. The molecule has 0 bridgehead atoms. The number of carbonyl (C=O) groups excluding carboxylic acids is 1. The van der Waals surface area contributed by atoms with E-state index >= 15 is 0 Å². The quantitative estimate of drug-likeness (QED) is 0.465. The van der Waals surface area contributed by atoms with Gasteiger partial charge in [-0.05, 0) is 17.5 Å². The number of rotatable bonds is 6. The van der Waals surface area contributed by atoms with Crippen LogP contribution in [-0.4, -0.2) is 37.4 Å². The molecular weight excluding hydrogens is 427 g/mol. The van der Waals surface area contributed by atoms with Gasteiger partial charge in [0, 0.05) is 50.1 Å². The lowest BCUT2D eigenvalue weighted by molar-refractivity contribution is -0.143. The number of carbonyl (C=O) groups is 1. The van der Waals surface area contributed by atoms with Gasteiger partial charge in [-0.15, -0.1) is 0 Å². The Kier molecular flexibility index (Phi) is 5.51. The zero-order valence-electron chi connectivity index (χ0n) is 17.1. The van der Waals surface area contributed by atoms with Gasteiger partial charge in [0.25, 0.3) is 0 Å². The lowest BCUT2D eigenvalue weighted by atomic mass is 10.1. The number of fused-ring (bicyclic) bond motifs is 1. The van der Waals surface area contributed by atoms with E-state index in [0.717, 1.165) is 29.4 Å². The second-order valence-electron chi connectivity index (χ2n) is 6.99. The second kappa shape index (κ2) is 8.29. The lowest BCUT2D eigenvalue weighted by Crippen LogP contribution is -2.17. The van der Waals surface area contributed by atoms with Crippen LogP contribution in [0.15, 0.2) is 41.1 Å². The van der Waals surface area contributed by atoms with Crippen molar-refractivity contribution in [1.82, 2.24) is 24.9 Å². The number of aryl methyl sites for hydroxylation is 2. The largest absolute Gasteiger partial charge is 0.433 e. The van der Waals surface area contributed by atoms with Crippen molar-refractivity contribution in [3.63, 3.8) is 0 Å². The van der Waals surface area contributed by atoms with Crippen molar-refractivity contribution in [2.45, 2.75) is 19.5 Å². The van der Waals surface area contributed by atoms with E-state index in [9.17, 15) is 18.0 Å². The highest BCUT2D eigenvalue weighted by Gasteiger charge is 2.35. The molecule has 0 aliphatic carbocycles. The predicted octanol–water partition coefficient (Wildman–Crippen LogP) is 3.79. The van der Waals surface area contributed by atoms with Crippen LogP contribution in [0.5, 0.6) is 0 Å². The Morgan fingerprint density at radius 1 is 1.22 bits per heavy atom. The smallest absolute Gasteiger partial charge is 0.369 e. The molecule has 0 radical (unpaired) electrons. The van der Waals surface area contributed by atoms with Crippen molar-refractivity contribution in [3.05, 3.63) is 48.1 Å². The van der Waals surface area contributed by atoms with Gasteiger partial charge in [-0.2, -0.15) is 23.3 Å². The minimum absolute atomic E-state index is 0.000278. The standard InChI is InChI=1S/C20H18F3N7O2/c1-11-26-18(29-32-11)13-4-3-12-5-7-24-19(14(12)9-13)25-8-6-17(31)27-16-10-15(20(21,22)23)30(2)28-16/h3-5,7,9-10H,6,8H2,1-2H3,(H,24,25)(H,27,28,31). The maximum absolute atomic E-state index is 12.9. The number of benzene rings is 1. The Bertz CT molecular complexity index is 1280. The van der Waals surface area contributed by atoms with Crippen molar-refractivity contribution >= 4 is 28.3 Å². The Morgan fingerprint density at radius 3 is 2.72 bits per heavy atom. The van der Waals surface area contributed by atoms with Gasteiger partial charge in [-0.1, -0.05) is 17.3 Å². The molecule has 0 aliphatic heterocycles. The molecule has 3 heterocycles. The first-order valence-corrected chi connectivity index (χ1v) is 9.55. The fourth-order valence-electron chi connectivity index (χ4n) is 3.16. The number of anilines is 2. The molecule has 9 nitrogen and oxygen atoms in total.